The van der Waals surface area contributed by atoms with Crippen LogP contribution in [0.2, 0.25) is 0 Å². The third-order valence-electron chi connectivity index (χ3n) is 2.47. The van der Waals surface area contributed by atoms with Crippen LogP contribution in [0.5, 0.6) is 0 Å². The molecule has 0 bridgehead atoms. The zero-order chi connectivity index (χ0) is 12.0. The predicted octanol–water partition coefficient (Wildman–Crippen LogP) is 1.14. The summed E-state index contributed by atoms with van der Waals surface area (Å²) in [7, 11) is -0.930. The molecule has 0 radical (unpaired) electrons. The summed E-state index contributed by atoms with van der Waals surface area (Å²) >= 11 is 0. The van der Waals surface area contributed by atoms with Crippen LogP contribution in [0.25, 0.3) is 0 Å². The molecule has 0 aliphatic rings. The van der Waals surface area contributed by atoms with Crippen LogP contribution in [0.3, 0.4) is 0 Å². The number of nitrogens with one attached hydrogen (secondary N) is 1. The average Bonchev–Trinajstić information content (AvgIpc) is 2.13. The molecule has 3 unspecified atom stereocenters. The lowest BCUT2D eigenvalue weighted by molar-refractivity contribution is 0.191. The Kier molecular flexibility index (Phi) is 7.40. The molecule has 0 aromatic rings. The molecule has 0 rings (SSSR count). The molecule has 0 amide bonds. The van der Waals surface area contributed by atoms with Crippen molar-refractivity contribution in [3.63, 3.8) is 0 Å². The number of hydrogen-bond donors (Lipinski definition) is 2. The lowest BCUT2D eigenvalue weighted by atomic mass is 10.2. The van der Waals surface area contributed by atoms with Crippen molar-refractivity contribution in [3.8, 4) is 0 Å². The highest BCUT2D eigenvalue weighted by Crippen LogP contribution is 2.09. The van der Waals surface area contributed by atoms with E-state index < -0.39 is 16.9 Å². The first kappa shape index (κ1) is 15.1. The summed E-state index contributed by atoms with van der Waals surface area (Å²) < 4.78 is 11.8. The van der Waals surface area contributed by atoms with E-state index in [1.54, 1.807) is 0 Å². The largest absolute Gasteiger partial charge is 0.391 e. The fourth-order valence-electron chi connectivity index (χ4n) is 1.08. The summed E-state index contributed by atoms with van der Waals surface area (Å²) in [5.41, 5.74) is 0. The molecule has 0 spiro atoms. The maximum atomic E-state index is 11.8. The van der Waals surface area contributed by atoms with Gasteiger partial charge >= 0.3 is 0 Å². The summed E-state index contributed by atoms with van der Waals surface area (Å²) in [5, 5.41) is 12.9. The zero-order valence-electron chi connectivity index (χ0n) is 10.5. The second kappa shape index (κ2) is 7.36. The van der Waals surface area contributed by atoms with Gasteiger partial charge < -0.3 is 10.4 Å². The van der Waals surface area contributed by atoms with Gasteiger partial charge in [0, 0.05) is 28.6 Å². The summed E-state index contributed by atoms with van der Waals surface area (Å²) in [5.74, 6) is 0.773. The van der Waals surface area contributed by atoms with E-state index in [-0.39, 0.29) is 5.25 Å². The Hall–Kier alpha value is 0.0700. The molecular weight excluding hydrogens is 210 g/mol. The summed E-state index contributed by atoms with van der Waals surface area (Å²) in [4.78, 5) is 0. The van der Waals surface area contributed by atoms with Crippen molar-refractivity contribution in [1.29, 1.82) is 0 Å². The third-order valence-corrected chi connectivity index (χ3v) is 4.56. The minimum atomic E-state index is -0.930. The predicted molar refractivity (Wildman–Crippen MR) is 66.5 cm³/mol. The first-order valence-electron chi connectivity index (χ1n) is 5.63. The van der Waals surface area contributed by atoms with Crippen LogP contribution in [-0.2, 0) is 10.8 Å². The Morgan fingerprint density at radius 1 is 1.20 bits per heavy atom. The van der Waals surface area contributed by atoms with Crippen LogP contribution in [0.15, 0.2) is 0 Å². The summed E-state index contributed by atoms with van der Waals surface area (Å²) in [6, 6.07) is 0.357. The van der Waals surface area contributed by atoms with Gasteiger partial charge in [0.25, 0.3) is 0 Å². The van der Waals surface area contributed by atoms with Crippen LogP contribution < -0.4 is 5.32 Å². The Morgan fingerprint density at radius 3 is 2.13 bits per heavy atom. The quantitative estimate of drug-likeness (QED) is 0.696. The monoisotopic (exact) mass is 235 g/mol. The molecule has 3 atom stereocenters. The fraction of sp³-hybridized carbons (Fsp3) is 1.00. The molecule has 0 aliphatic heterocycles. The molecule has 0 fully saturated rings. The smallest absolute Gasteiger partial charge is 0.0779 e. The molecule has 0 heterocycles. The average molecular weight is 235 g/mol. The standard InChI is InChI=1S/C11H25NO2S/c1-8(2)10(5)15(14)7-11(13)6-12-9(3)4/h8-13H,6-7H2,1-5H3. The van der Waals surface area contributed by atoms with Gasteiger partial charge in [-0.25, -0.2) is 0 Å². The van der Waals surface area contributed by atoms with Crippen molar-refractivity contribution in [2.45, 2.75) is 52.0 Å². The second-order valence-electron chi connectivity index (χ2n) is 4.71. The zero-order valence-corrected chi connectivity index (χ0v) is 11.3. The van der Waals surface area contributed by atoms with E-state index in [9.17, 15) is 9.32 Å². The van der Waals surface area contributed by atoms with E-state index in [1.165, 1.54) is 0 Å². The van der Waals surface area contributed by atoms with Crippen LogP contribution in [0, 0.1) is 5.92 Å². The lowest BCUT2D eigenvalue weighted by Gasteiger charge is -2.18. The normalized spacial score (nSPS) is 18.1. The van der Waals surface area contributed by atoms with E-state index in [0.717, 1.165) is 0 Å². The first-order valence-corrected chi connectivity index (χ1v) is 7.01. The highest BCUT2D eigenvalue weighted by molar-refractivity contribution is 7.85. The third kappa shape index (κ3) is 7.03. The Bertz CT molecular complexity index is 195. The van der Waals surface area contributed by atoms with Crippen molar-refractivity contribution in [1.82, 2.24) is 5.32 Å². The minimum Gasteiger partial charge on any atom is -0.391 e. The van der Waals surface area contributed by atoms with Gasteiger partial charge in [-0.1, -0.05) is 34.6 Å². The number of aliphatic hydroxyl groups excluding tert-OH is 1. The van der Waals surface area contributed by atoms with E-state index in [1.807, 2.05) is 20.8 Å². The Balaban J connectivity index is 3.85. The molecule has 3 nitrogen and oxygen atoms in total. The Morgan fingerprint density at radius 2 is 1.73 bits per heavy atom. The molecule has 4 heteroatoms. The number of aliphatic hydroxyl groups is 1. The van der Waals surface area contributed by atoms with Gasteiger partial charge in [-0.3, -0.25) is 4.21 Å². The fourth-order valence-corrected chi connectivity index (χ4v) is 2.48. The molecule has 0 saturated carbocycles. The molecular formula is C11H25NO2S. The topological polar surface area (TPSA) is 49.3 Å². The Labute approximate surface area is 96.1 Å². The summed E-state index contributed by atoms with van der Waals surface area (Å²) in [6.45, 7) is 10.7. The van der Waals surface area contributed by atoms with E-state index in [0.29, 0.717) is 24.3 Å². The minimum absolute atomic E-state index is 0.152. The van der Waals surface area contributed by atoms with Gasteiger partial charge in [0.15, 0.2) is 0 Å². The van der Waals surface area contributed by atoms with Crippen molar-refractivity contribution < 1.29 is 9.32 Å². The maximum absolute atomic E-state index is 11.8. The molecule has 0 aromatic carbocycles. The van der Waals surface area contributed by atoms with Crippen molar-refractivity contribution in [2.75, 3.05) is 12.3 Å². The van der Waals surface area contributed by atoms with Crippen molar-refractivity contribution in [3.05, 3.63) is 0 Å². The highest BCUT2D eigenvalue weighted by atomic mass is 32.2. The molecule has 0 aliphatic carbocycles. The number of hydrogen-bond acceptors (Lipinski definition) is 3. The first-order chi connectivity index (χ1) is 6.84. The van der Waals surface area contributed by atoms with Crippen LogP contribution >= 0.6 is 0 Å². The van der Waals surface area contributed by atoms with Crippen LogP contribution in [0.1, 0.15) is 34.6 Å². The lowest BCUT2D eigenvalue weighted by Crippen LogP contribution is -2.36. The van der Waals surface area contributed by atoms with E-state index in [4.69, 9.17) is 0 Å². The van der Waals surface area contributed by atoms with E-state index in [2.05, 4.69) is 19.2 Å². The summed E-state index contributed by atoms with van der Waals surface area (Å²) in [6.07, 6.45) is -0.505. The number of rotatable bonds is 7. The van der Waals surface area contributed by atoms with Gasteiger partial charge in [-0.05, 0) is 5.92 Å². The van der Waals surface area contributed by atoms with Gasteiger partial charge in [-0.15, -0.1) is 0 Å². The molecule has 0 aromatic heterocycles. The van der Waals surface area contributed by atoms with E-state index >= 15 is 0 Å². The molecule has 92 valence electrons. The van der Waals surface area contributed by atoms with Crippen LogP contribution in [-0.4, -0.2) is 39.0 Å². The molecule has 2 N–H and O–H groups in total. The van der Waals surface area contributed by atoms with Crippen molar-refractivity contribution in [2.24, 2.45) is 5.92 Å². The van der Waals surface area contributed by atoms with Gasteiger partial charge in [-0.2, -0.15) is 0 Å². The molecule has 15 heavy (non-hydrogen) atoms. The second-order valence-corrected chi connectivity index (χ2v) is 6.55. The van der Waals surface area contributed by atoms with Crippen LogP contribution in [0.4, 0.5) is 0 Å². The van der Waals surface area contributed by atoms with Crippen molar-refractivity contribution >= 4 is 10.8 Å². The van der Waals surface area contributed by atoms with Gasteiger partial charge in [0.1, 0.15) is 0 Å². The van der Waals surface area contributed by atoms with Gasteiger partial charge in [0.2, 0.25) is 0 Å². The SMILES string of the molecule is CC(C)NCC(O)CS(=O)C(C)C(C)C. The molecule has 0 saturated heterocycles. The highest BCUT2D eigenvalue weighted by Gasteiger charge is 2.18. The van der Waals surface area contributed by atoms with Gasteiger partial charge in [0.05, 0.1) is 11.9 Å². The maximum Gasteiger partial charge on any atom is 0.0779 e.